The highest BCUT2D eigenvalue weighted by atomic mass is 16.2. The van der Waals surface area contributed by atoms with E-state index in [-0.39, 0.29) is 17.2 Å². The summed E-state index contributed by atoms with van der Waals surface area (Å²) in [6, 6.07) is 10.1. The molecule has 1 aliphatic heterocycles. The first-order valence-corrected chi connectivity index (χ1v) is 8.54. The number of aryl methyl sites for hydroxylation is 1. The Balaban J connectivity index is 1.98. The number of para-hydroxylation sites is 1. The van der Waals surface area contributed by atoms with Crippen molar-refractivity contribution in [2.45, 2.75) is 39.5 Å². The summed E-state index contributed by atoms with van der Waals surface area (Å²) in [7, 11) is 0. The van der Waals surface area contributed by atoms with E-state index in [0.29, 0.717) is 0 Å². The Bertz CT molecular complexity index is 736. The Morgan fingerprint density at radius 1 is 1.33 bits per heavy atom. The van der Waals surface area contributed by atoms with Crippen LogP contribution in [0, 0.1) is 12.8 Å². The molecule has 5 nitrogen and oxygen atoms in total. The van der Waals surface area contributed by atoms with Crippen molar-refractivity contribution in [3.05, 3.63) is 41.6 Å². The number of anilines is 1. The summed E-state index contributed by atoms with van der Waals surface area (Å²) >= 11 is 0. The van der Waals surface area contributed by atoms with Crippen LogP contribution < -0.4 is 10.6 Å². The van der Waals surface area contributed by atoms with Crippen LogP contribution in [-0.4, -0.2) is 28.8 Å². The summed E-state index contributed by atoms with van der Waals surface area (Å²) in [6.07, 6.45) is 0.885. The zero-order valence-electron chi connectivity index (χ0n) is 14.9. The van der Waals surface area contributed by atoms with Gasteiger partial charge in [-0.15, -0.1) is 0 Å². The number of hydrogen-bond acceptors (Lipinski definition) is 3. The van der Waals surface area contributed by atoms with Gasteiger partial charge in [-0.1, -0.05) is 39.0 Å². The maximum absolute atomic E-state index is 12.5. The van der Waals surface area contributed by atoms with Crippen molar-refractivity contribution >= 4 is 11.7 Å². The maximum Gasteiger partial charge on any atom is 0.229 e. The van der Waals surface area contributed by atoms with Crippen molar-refractivity contribution < 1.29 is 4.79 Å². The standard InChI is InChI=1S/C19H26N4O/c1-13-7-5-6-8-15(13)23-17(11-16(22-23)19(2,3)4)21-18(24)14-9-10-20-12-14/h5-8,11,14,20H,9-10,12H2,1-4H3,(H,21,24). The zero-order valence-corrected chi connectivity index (χ0v) is 14.9. The smallest absolute Gasteiger partial charge is 0.229 e. The molecule has 24 heavy (non-hydrogen) atoms. The minimum Gasteiger partial charge on any atom is -0.316 e. The topological polar surface area (TPSA) is 59.0 Å². The molecule has 1 aromatic carbocycles. The highest BCUT2D eigenvalue weighted by Crippen LogP contribution is 2.27. The van der Waals surface area contributed by atoms with Gasteiger partial charge in [0.05, 0.1) is 17.3 Å². The molecule has 1 unspecified atom stereocenters. The Morgan fingerprint density at radius 2 is 2.08 bits per heavy atom. The largest absolute Gasteiger partial charge is 0.316 e. The first-order chi connectivity index (χ1) is 11.4. The van der Waals surface area contributed by atoms with Gasteiger partial charge in [0.15, 0.2) is 0 Å². The minimum atomic E-state index is -0.0810. The Hall–Kier alpha value is -2.14. The van der Waals surface area contributed by atoms with Crippen molar-refractivity contribution in [1.82, 2.24) is 15.1 Å². The van der Waals surface area contributed by atoms with Gasteiger partial charge in [-0.05, 0) is 31.5 Å². The first-order valence-electron chi connectivity index (χ1n) is 8.54. The van der Waals surface area contributed by atoms with Gasteiger partial charge in [0.1, 0.15) is 5.82 Å². The molecule has 0 radical (unpaired) electrons. The average molecular weight is 326 g/mol. The molecule has 0 spiro atoms. The number of rotatable bonds is 3. The number of aromatic nitrogens is 2. The third kappa shape index (κ3) is 3.36. The number of carbonyl (C=O) groups is 1. The van der Waals surface area contributed by atoms with Crippen LogP contribution in [0.2, 0.25) is 0 Å². The first kappa shape index (κ1) is 16.7. The second-order valence-corrected chi connectivity index (χ2v) is 7.54. The normalized spacial score (nSPS) is 17.9. The lowest BCUT2D eigenvalue weighted by Gasteiger charge is -2.14. The van der Waals surface area contributed by atoms with Gasteiger partial charge in [0.2, 0.25) is 5.91 Å². The molecule has 0 bridgehead atoms. The van der Waals surface area contributed by atoms with Crippen molar-refractivity contribution in [2.24, 2.45) is 5.92 Å². The molecule has 5 heteroatoms. The molecule has 3 rings (SSSR count). The molecule has 0 saturated carbocycles. The van der Waals surface area contributed by atoms with Gasteiger partial charge < -0.3 is 10.6 Å². The van der Waals surface area contributed by atoms with Crippen molar-refractivity contribution in [2.75, 3.05) is 18.4 Å². The third-order valence-electron chi connectivity index (χ3n) is 4.50. The lowest BCUT2D eigenvalue weighted by molar-refractivity contribution is -0.119. The molecule has 128 valence electrons. The Kier molecular flexibility index (Phi) is 4.45. The predicted octanol–water partition coefficient (Wildman–Crippen LogP) is 3.03. The van der Waals surface area contributed by atoms with Crippen LogP contribution in [0.4, 0.5) is 5.82 Å². The monoisotopic (exact) mass is 326 g/mol. The number of nitrogens with one attached hydrogen (secondary N) is 2. The highest BCUT2D eigenvalue weighted by Gasteiger charge is 2.26. The van der Waals surface area contributed by atoms with Gasteiger partial charge in [0.25, 0.3) is 0 Å². The van der Waals surface area contributed by atoms with Crippen LogP contribution in [0.3, 0.4) is 0 Å². The van der Waals surface area contributed by atoms with Crippen LogP contribution in [-0.2, 0) is 10.2 Å². The second kappa shape index (κ2) is 6.40. The molecule has 2 aromatic rings. The van der Waals surface area contributed by atoms with Crippen molar-refractivity contribution in [3.63, 3.8) is 0 Å². The molecular formula is C19H26N4O. The van der Waals surface area contributed by atoms with Crippen LogP contribution in [0.15, 0.2) is 30.3 Å². The summed E-state index contributed by atoms with van der Waals surface area (Å²) in [5, 5.41) is 11.1. The predicted molar refractivity (Wildman–Crippen MR) is 96.6 cm³/mol. The molecule has 1 amide bonds. The van der Waals surface area contributed by atoms with Crippen LogP contribution in [0.1, 0.15) is 38.4 Å². The van der Waals surface area contributed by atoms with Gasteiger partial charge in [-0.2, -0.15) is 5.10 Å². The molecule has 1 atom stereocenters. The molecule has 1 saturated heterocycles. The third-order valence-corrected chi connectivity index (χ3v) is 4.50. The highest BCUT2D eigenvalue weighted by molar-refractivity contribution is 5.92. The van der Waals surface area contributed by atoms with Crippen molar-refractivity contribution in [3.8, 4) is 5.69 Å². The van der Waals surface area contributed by atoms with E-state index in [0.717, 1.165) is 42.3 Å². The number of benzene rings is 1. The SMILES string of the molecule is Cc1ccccc1-n1nc(C(C)(C)C)cc1NC(=O)C1CCNC1. The van der Waals surface area contributed by atoms with Crippen molar-refractivity contribution in [1.29, 1.82) is 0 Å². The molecule has 2 N–H and O–H groups in total. The van der Waals surface area contributed by atoms with E-state index in [1.54, 1.807) is 0 Å². The number of hydrogen-bond donors (Lipinski definition) is 2. The van der Waals surface area contributed by atoms with Crippen LogP contribution in [0.5, 0.6) is 0 Å². The Morgan fingerprint density at radius 3 is 2.71 bits per heavy atom. The van der Waals surface area contributed by atoms with Gasteiger partial charge in [-0.25, -0.2) is 4.68 Å². The zero-order chi connectivity index (χ0) is 17.3. The van der Waals surface area contributed by atoms with E-state index in [1.165, 1.54) is 0 Å². The fourth-order valence-corrected chi connectivity index (χ4v) is 2.93. The summed E-state index contributed by atoms with van der Waals surface area (Å²) in [4.78, 5) is 12.5. The van der Waals surface area contributed by atoms with Crippen LogP contribution >= 0.6 is 0 Å². The van der Waals surface area contributed by atoms with Gasteiger partial charge in [-0.3, -0.25) is 4.79 Å². The summed E-state index contributed by atoms with van der Waals surface area (Å²) in [6.45, 7) is 10.1. The fourth-order valence-electron chi connectivity index (χ4n) is 2.93. The van der Waals surface area contributed by atoms with E-state index in [9.17, 15) is 4.79 Å². The fraction of sp³-hybridized carbons (Fsp3) is 0.474. The van der Waals surface area contributed by atoms with E-state index < -0.39 is 0 Å². The van der Waals surface area contributed by atoms with E-state index >= 15 is 0 Å². The molecule has 1 fully saturated rings. The number of amides is 1. The summed E-state index contributed by atoms with van der Waals surface area (Å²) in [5.74, 6) is 0.838. The second-order valence-electron chi connectivity index (χ2n) is 7.54. The summed E-state index contributed by atoms with van der Waals surface area (Å²) < 4.78 is 1.86. The van der Waals surface area contributed by atoms with E-state index in [1.807, 2.05) is 28.9 Å². The van der Waals surface area contributed by atoms with Gasteiger partial charge in [0, 0.05) is 18.0 Å². The molecular weight excluding hydrogens is 300 g/mol. The lowest BCUT2D eigenvalue weighted by atomic mass is 9.92. The van der Waals surface area contributed by atoms with E-state index in [4.69, 9.17) is 5.10 Å². The number of nitrogens with zero attached hydrogens (tertiary/aromatic N) is 2. The lowest BCUT2D eigenvalue weighted by Crippen LogP contribution is -2.25. The quantitative estimate of drug-likeness (QED) is 0.911. The number of carbonyl (C=O) groups excluding carboxylic acids is 1. The molecule has 1 aromatic heterocycles. The van der Waals surface area contributed by atoms with Gasteiger partial charge >= 0.3 is 0 Å². The maximum atomic E-state index is 12.5. The summed E-state index contributed by atoms with van der Waals surface area (Å²) in [5.41, 5.74) is 3.00. The average Bonchev–Trinajstić information content (AvgIpc) is 3.16. The van der Waals surface area contributed by atoms with E-state index in [2.05, 4.69) is 44.4 Å². The molecule has 1 aliphatic rings. The Labute approximate surface area is 143 Å². The molecule has 0 aliphatic carbocycles. The minimum absolute atomic E-state index is 0.0308. The molecule has 2 heterocycles. The van der Waals surface area contributed by atoms with Crippen LogP contribution in [0.25, 0.3) is 5.69 Å².